The first-order valence-corrected chi connectivity index (χ1v) is 8.15. The van der Waals surface area contributed by atoms with Crippen molar-refractivity contribution in [2.24, 2.45) is 0 Å². The van der Waals surface area contributed by atoms with Gasteiger partial charge in [-0.05, 0) is 26.0 Å². The Balaban J connectivity index is 1.86. The lowest BCUT2D eigenvalue weighted by Crippen LogP contribution is -2.13. The summed E-state index contributed by atoms with van der Waals surface area (Å²) in [7, 11) is 1.37. The number of rotatable bonds is 5. The van der Waals surface area contributed by atoms with Gasteiger partial charge in [0.15, 0.2) is 0 Å². The molecule has 0 radical (unpaired) electrons. The Hall–Kier alpha value is -3.17. The van der Waals surface area contributed by atoms with E-state index in [0.717, 1.165) is 17.6 Å². The first kappa shape index (κ1) is 18.6. The van der Waals surface area contributed by atoms with Gasteiger partial charge in [-0.1, -0.05) is 6.07 Å². The highest BCUT2D eigenvalue weighted by atomic mass is 19.4. The number of anilines is 3. The van der Waals surface area contributed by atoms with Crippen molar-refractivity contribution in [1.82, 2.24) is 24.7 Å². The number of alkyl halides is 3. The molecule has 0 amide bonds. The predicted octanol–water partition coefficient (Wildman–Crippen LogP) is 3.79. The zero-order chi connectivity index (χ0) is 19.6. The molecular weight excluding hydrogens is 359 g/mol. The lowest BCUT2D eigenvalue weighted by molar-refractivity contribution is -0.137. The topological polar surface area (TPSA) is 80.5 Å². The molecule has 0 bridgehead atoms. The van der Waals surface area contributed by atoms with Crippen molar-refractivity contribution in [3.8, 4) is 0 Å². The van der Waals surface area contributed by atoms with E-state index < -0.39 is 11.7 Å². The number of halogens is 3. The Bertz CT molecular complexity index is 922. The highest BCUT2D eigenvalue weighted by molar-refractivity contribution is 5.58. The molecule has 0 aromatic carbocycles. The molecule has 3 aromatic rings. The summed E-state index contributed by atoms with van der Waals surface area (Å²) >= 11 is 0. The van der Waals surface area contributed by atoms with Crippen molar-refractivity contribution >= 4 is 17.5 Å². The average molecular weight is 377 g/mol. The van der Waals surface area contributed by atoms with Gasteiger partial charge in [-0.2, -0.15) is 23.3 Å². The molecule has 7 nitrogen and oxygen atoms in total. The van der Waals surface area contributed by atoms with Crippen molar-refractivity contribution in [3.63, 3.8) is 0 Å². The number of nitrogens with one attached hydrogen (secondary N) is 2. The standard InChI is InChI=1S/C17H18F3N7/c1-10(13-6-4-5-7-22-13)27-11(2)14(9-24-27)25-16-23-8-12(17(18,19)20)15(21-3)26-16/h4-10H,1-3H3,(H2,21,23,25,26). The smallest absolute Gasteiger partial charge is 0.372 e. The number of nitrogens with zero attached hydrogens (tertiary/aromatic N) is 5. The van der Waals surface area contributed by atoms with Gasteiger partial charge in [0, 0.05) is 19.4 Å². The van der Waals surface area contributed by atoms with Crippen LogP contribution in [-0.2, 0) is 6.18 Å². The third-order valence-electron chi connectivity index (χ3n) is 4.10. The molecule has 3 aromatic heterocycles. The van der Waals surface area contributed by atoms with Gasteiger partial charge in [0.25, 0.3) is 0 Å². The van der Waals surface area contributed by atoms with Gasteiger partial charge in [0.2, 0.25) is 5.95 Å². The summed E-state index contributed by atoms with van der Waals surface area (Å²) in [6.07, 6.45) is -0.499. The molecular formula is C17H18F3N7. The molecule has 3 heterocycles. The van der Waals surface area contributed by atoms with Crippen LogP contribution in [-0.4, -0.2) is 31.8 Å². The molecule has 1 atom stereocenters. The zero-order valence-corrected chi connectivity index (χ0v) is 14.9. The molecule has 0 fully saturated rings. The third kappa shape index (κ3) is 3.83. The maximum Gasteiger partial charge on any atom is 0.421 e. The van der Waals surface area contributed by atoms with Crippen LogP contribution in [0.1, 0.15) is 29.9 Å². The van der Waals surface area contributed by atoms with Crippen LogP contribution in [0.2, 0.25) is 0 Å². The van der Waals surface area contributed by atoms with E-state index >= 15 is 0 Å². The second-order valence-electron chi connectivity index (χ2n) is 5.85. The normalized spacial score (nSPS) is 12.7. The van der Waals surface area contributed by atoms with Crippen LogP contribution in [0.5, 0.6) is 0 Å². The fraction of sp³-hybridized carbons (Fsp3) is 0.294. The van der Waals surface area contributed by atoms with Crippen LogP contribution in [0, 0.1) is 6.92 Å². The SMILES string of the molecule is CNc1nc(Nc2cnn(C(C)c3ccccn3)c2C)ncc1C(F)(F)F. The molecule has 0 spiro atoms. The van der Waals surface area contributed by atoms with Gasteiger partial charge in [-0.15, -0.1) is 0 Å². The second kappa shape index (κ2) is 7.22. The molecule has 0 saturated heterocycles. The molecule has 10 heteroatoms. The predicted molar refractivity (Wildman–Crippen MR) is 94.9 cm³/mol. The molecule has 3 rings (SSSR count). The molecule has 1 unspecified atom stereocenters. The monoisotopic (exact) mass is 377 g/mol. The van der Waals surface area contributed by atoms with Crippen LogP contribution in [0.3, 0.4) is 0 Å². The van der Waals surface area contributed by atoms with Gasteiger partial charge in [0.05, 0.1) is 29.3 Å². The number of hydrogen-bond acceptors (Lipinski definition) is 6. The van der Waals surface area contributed by atoms with Crippen LogP contribution < -0.4 is 10.6 Å². The first-order chi connectivity index (χ1) is 12.8. The van der Waals surface area contributed by atoms with Crippen LogP contribution >= 0.6 is 0 Å². The van der Waals surface area contributed by atoms with E-state index in [1.54, 1.807) is 17.1 Å². The van der Waals surface area contributed by atoms with E-state index in [9.17, 15) is 13.2 Å². The molecule has 0 saturated carbocycles. The van der Waals surface area contributed by atoms with Crippen molar-refractivity contribution < 1.29 is 13.2 Å². The maximum absolute atomic E-state index is 13.0. The van der Waals surface area contributed by atoms with Crippen molar-refractivity contribution in [1.29, 1.82) is 0 Å². The summed E-state index contributed by atoms with van der Waals surface area (Å²) in [6.45, 7) is 3.80. The zero-order valence-electron chi connectivity index (χ0n) is 14.9. The van der Waals surface area contributed by atoms with E-state index in [1.165, 1.54) is 7.05 Å². The Morgan fingerprint density at radius 3 is 2.56 bits per heavy atom. The fourth-order valence-electron chi connectivity index (χ4n) is 2.65. The minimum Gasteiger partial charge on any atom is -0.372 e. The minimum absolute atomic E-state index is 0.0421. The van der Waals surface area contributed by atoms with Crippen molar-refractivity contribution in [2.45, 2.75) is 26.1 Å². The van der Waals surface area contributed by atoms with Crippen LogP contribution in [0.15, 0.2) is 36.8 Å². The Morgan fingerprint density at radius 2 is 1.93 bits per heavy atom. The average Bonchev–Trinajstić information content (AvgIpc) is 3.01. The Labute approximate surface area is 153 Å². The summed E-state index contributed by atoms with van der Waals surface area (Å²) in [5.74, 6) is -0.257. The minimum atomic E-state index is -4.53. The Kier molecular flexibility index (Phi) is 4.98. The van der Waals surface area contributed by atoms with E-state index in [0.29, 0.717) is 5.69 Å². The maximum atomic E-state index is 13.0. The van der Waals surface area contributed by atoms with Gasteiger partial charge in [-0.3, -0.25) is 9.67 Å². The van der Waals surface area contributed by atoms with Gasteiger partial charge in [0.1, 0.15) is 11.4 Å². The Morgan fingerprint density at radius 1 is 1.15 bits per heavy atom. The highest BCUT2D eigenvalue weighted by Crippen LogP contribution is 2.34. The molecule has 27 heavy (non-hydrogen) atoms. The molecule has 0 aliphatic carbocycles. The van der Waals surface area contributed by atoms with Crippen LogP contribution in [0.25, 0.3) is 0 Å². The summed E-state index contributed by atoms with van der Waals surface area (Å²) < 4.78 is 40.6. The number of pyridine rings is 1. The van der Waals surface area contributed by atoms with Crippen molar-refractivity contribution in [2.75, 3.05) is 17.7 Å². The summed E-state index contributed by atoms with van der Waals surface area (Å²) in [5, 5.41) is 9.72. The van der Waals surface area contributed by atoms with Gasteiger partial charge in [-0.25, -0.2) is 4.98 Å². The molecule has 142 valence electrons. The fourth-order valence-corrected chi connectivity index (χ4v) is 2.65. The highest BCUT2D eigenvalue weighted by Gasteiger charge is 2.35. The van der Waals surface area contributed by atoms with E-state index in [4.69, 9.17) is 0 Å². The third-order valence-corrected chi connectivity index (χ3v) is 4.10. The van der Waals surface area contributed by atoms with E-state index in [2.05, 4.69) is 30.7 Å². The lowest BCUT2D eigenvalue weighted by Gasteiger charge is -2.15. The second-order valence-corrected chi connectivity index (χ2v) is 5.85. The van der Waals surface area contributed by atoms with Gasteiger partial charge < -0.3 is 10.6 Å². The summed E-state index contributed by atoms with van der Waals surface area (Å²) in [5.41, 5.74) is 1.30. The lowest BCUT2D eigenvalue weighted by atomic mass is 10.2. The molecule has 2 N–H and O–H groups in total. The summed E-state index contributed by atoms with van der Waals surface area (Å²) in [6, 6.07) is 5.52. The summed E-state index contributed by atoms with van der Waals surface area (Å²) in [4.78, 5) is 12.0. The largest absolute Gasteiger partial charge is 0.421 e. The molecule has 0 aliphatic heterocycles. The quantitative estimate of drug-likeness (QED) is 0.704. The van der Waals surface area contributed by atoms with Crippen LogP contribution in [0.4, 0.5) is 30.6 Å². The first-order valence-electron chi connectivity index (χ1n) is 8.15. The van der Waals surface area contributed by atoms with E-state index in [-0.39, 0.29) is 17.8 Å². The van der Waals surface area contributed by atoms with Gasteiger partial charge >= 0.3 is 6.18 Å². The number of hydrogen-bond donors (Lipinski definition) is 2. The van der Waals surface area contributed by atoms with Crippen molar-refractivity contribution in [3.05, 3.63) is 53.7 Å². The molecule has 0 aliphatic rings. The van der Waals surface area contributed by atoms with E-state index in [1.807, 2.05) is 32.0 Å². The number of aromatic nitrogens is 5.